The molecular formula is C21H26N2. The van der Waals surface area contributed by atoms with Gasteiger partial charge in [-0.2, -0.15) is 0 Å². The maximum absolute atomic E-state index is 4.51. The first-order chi connectivity index (χ1) is 10.9. The Hall–Kier alpha value is -2.09. The van der Waals surface area contributed by atoms with Gasteiger partial charge in [-0.3, -0.25) is 4.98 Å². The molecule has 0 spiro atoms. The fourth-order valence-corrected chi connectivity index (χ4v) is 3.58. The Morgan fingerprint density at radius 1 is 1.17 bits per heavy atom. The molecule has 1 aromatic carbocycles. The number of rotatable bonds is 3. The van der Waals surface area contributed by atoms with E-state index in [2.05, 4.69) is 81.0 Å². The summed E-state index contributed by atoms with van der Waals surface area (Å²) in [6.07, 6.45) is 9.71. The van der Waals surface area contributed by atoms with Gasteiger partial charge in [0.05, 0.1) is 17.4 Å². The Balaban J connectivity index is 2.10. The number of aromatic nitrogens is 1. The van der Waals surface area contributed by atoms with Crippen molar-refractivity contribution in [2.75, 3.05) is 11.9 Å². The van der Waals surface area contributed by atoms with E-state index >= 15 is 0 Å². The Bertz CT molecular complexity index is 745. The van der Waals surface area contributed by atoms with Gasteiger partial charge >= 0.3 is 0 Å². The second-order valence-corrected chi connectivity index (χ2v) is 7.18. The second kappa shape index (κ2) is 5.84. The minimum Gasteiger partial charge on any atom is -0.360 e. The standard InChI is InChI=1S/C21H26N2/c1-15(2)12-17-13-22-14-20-18(17)10-11-21(4,23(20)5)19-9-7-6-8-16(19)3/h6-11,13-15H,12H2,1-5H3. The molecule has 0 amide bonds. The monoisotopic (exact) mass is 306 g/mol. The van der Waals surface area contributed by atoms with Crippen molar-refractivity contribution in [1.29, 1.82) is 0 Å². The van der Waals surface area contributed by atoms with E-state index in [4.69, 9.17) is 0 Å². The first-order valence-corrected chi connectivity index (χ1v) is 8.39. The Kier molecular flexibility index (Phi) is 4.01. The van der Waals surface area contributed by atoms with Gasteiger partial charge < -0.3 is 4.90 Å². The summed E-state index contributed by atoms with van der Waals surface area (Å²) in [7, 11) is 2.18. The summed E-state index contributed by atoms with van der Waals surface area (Å²) in [6, 6.07) is 8.64. The largest absolute Gasteiger partial charge is 0.360 e. The lowest BCUT2D eigenvalue weighted by molar-refractivity contribution is 0.571. The van der Waals surface area contributed by atoms with Crippen molar-refractivity contribution < 1.29 is 0 Å². The highest BCUT2D eigenvalue weighted by atomic mass is 15.2. The van der Waals surface area contributed by atoms with Crippen LogP contribution in [0.15, 0.2) is 42.7 Å². The van der Waals surface area contributed by atoms with Crippen molar-refractivity contribution in [3.05, 3.63) is 65.0 Å². The van der Waals surface area contributed by atoms with Gasteiger partial charge in [-0.15, -0.1) is 0 Å². The van der Waals surface area contributed by atoms with Crippen LogP contribution in [0.1, 0.15) is 43.0 Å². The fourth-order valence-electron chi connectivity index (χ4n) is 3.58. The molecule has 1 aromatic heterocycles. The molecule has 1 atom stereocenters. The fraction of sp³-hybridized carbons (Fsp3) is 0.381. The number of nitrogens with zero attached hydrogens (tertiary/aromatic N) is 2. The lowest BCUT2D eigenvalue weighted by atomic mass is 9.82. The molecule has 1 aliphatic rings. The average Bonchev–Trinajstić information content (AvgIpc) is 2.51. The summed E-state index contributed by atoms with van der Waals surface area (Å²) in [4.78, 5) is 6.87. The van der Waals surface area contributed by atoms with Gasteiger partial charge in [0.25, 0.3) is 0 Å². The second-order valence-electron chi connectivity index (χ2n) is 7.18. The number of likely N-dealkylation sites (N-methyl/N-ethyl adjacent to an activating group) is 1. The summed E-state index contributed by atoms with van der Waals surface area (Å²) in [5.41, 5.74) is 6.40. The van der Waals surface area contributed by atoms with Crippen LogP contribution < -0.4 is 4.90 Å². The van der Waals surface area contributed by atoms with Crippen LogP contribution in [-0.4, -0.2) is 12.0 Å². The van der Waals surface area contributed by atoms with Gasteiger partial charge in [0.15, 0.2) is 0 Å². The van der Waals surface area contributed by atoms with Gasteiger partial charge in [0.1, 0.15) is 0 Å². The maximum atomic E-state index is 4.51. The molecule has 0 radical (unpaired) electrons. The summed E-state index contributed by atoms with van der Waals surface area (Å²) in [6.45, 7) is 8.98. The molecule has 0 bridgehead atoms. The molecule has 0 saturated carbocycles. The Labute approximate surface area is 139 Å². The predicted molar refractivity (Wildman–Crippen MR) is 98.7 cm³/mol. The molecule has 3 rings (SSSR count). The van der Waals surface area contributed by atoms with Crippen molar-refractivity contribution in [1.82, 2.24) is 4.98 Å². The number of pyridine rings is 1. The van der Waals surface area contributed by atoms with E-state index in [1.165, 1.54) is 27.9 Å². The number of hydrogen-bond donors (Lipinski definition) is 0. The molecule has 2 nitrogen and oxygen atoms in total. The van der Waals surface area contributed by atoms with Crippen molar-refractivity contribution >= 4 is 11.8 Å². The van der Waals surface area contributed by atoms with Crippen molar-refractivity contribution in [3.63, 3.8) is 0 Å². The molecule has 120 valence electrons. The Morgan fingerprint density at radius 2 is 1.91 bits per heavy atom. The summed E-state index contributed by atoms with van der Waals surface area (Å²) in [5.74, 6) is 0.631. The van der Waals surface area contributed by atoms with E-state index in [0.29, 0.717) is 5.92 Å². The number of aryl methyl sites for hydroxylation is 1. The van der Waals surface area contributed by atoms with Crippen LogP contribution in [0, 0.1) is 12.8 Å². The molecule has 0 aliphatic carbocycles. The van der Waals surface area contributed by atoms with Gasteiger partial charge in [-0.1, -0.05) is 50.3 Å². The van der Waals surface area contributed by atoms with Crippen LogP contribution in [0.25, 0.3) is 6.08 Å². The van der Waals surface area contributed by atoms with Crippen molar-refractivity contribution in [3.8, 4) is 0 Å². The SMILES string of the molecule is Cc1ccccc1C1(C)C=Cc2c(CC(C)C)cncc2N1C. The molecule has 0 N–H and O–H groups in total. The quantitative estimate of drug-likeness (QED) is 0.796. The molecule has 2 heteroatoms. The molecule has 2 aromatic rings. The predicted octanol–water partition coefficient (Wildman–Crippen LogP) is 4.97. The van der Waals surface area contributed by atoms with Crippen LogP contribution >= 0.6 is 0 Å². The smallest absolute Gasteiger partial charge is 0.0812 e. The zero-order valence-electron chi connectivity index (χ0n) is 14.8. The molecule has 1 aliphatic heterocycles. The highest BCUT2D eigenvalue weighted by Gasteiger charge is 2.34. The van der Waals surface area contributed by atoms with E-state index in [9.17, 15) is 0 Å². The highest BCUT2D eigenvalue weighted by molar-refractivity contribution is 5.76. The average molecular weight is 306 g/mol. The highest BCUT2D eigenvalue weighted by Crippen LogP contribution is 2.41. The lowest BCUT2D eigenvalue weighted by Crippen LogP contribution is -2.42. The first-order valence-electron chi connectivity index (χ1n) is 8.39. The topological polar surface area (TPSA) is 16.1 Å². The van der Waals surface area contributed by atoms with E-state index < -0.39 is 0 Å². The van der Waals surface area contributed by atoms with Crippen LogP contribution in [-0.2, 0) is 12.0 Å². The first kappa shape index (κ1) is 15.8. The third kappa shape index (κ3) is 2.67. The van der Waals surface area contributed by atoms with E-state index in [1.54, 1.807) is 0 Å². The van der Waals surface area contributed by atoms with E-state index in [-0.39, 0.29) is 5.54 Å². The number of benzene rings is 1. The zero-order chi connectivity index (χ0) is 16.6. The van der Waals surface area contributed by atoms with Gasteiger partial charge in [-0.25, -0.2) is 0 Å². The van der Waals surface area contributed by atoms with Crippen LogP contribution in [0.5, 0.6) is 0 Å². The summed E-state index contributed by atoms with van der Waals surface area (Å²) < 4.78 is 0. The normalized spacial score (nSPS) is 20.0. The molecule has 0 saturated heterocycles. The third-order valence-electron chi connectivity index (χ3n) is 5.00. The minimum atomic E-state index is -0.142. The molecular weight excluding hydrogens is 280 g/mol. The van der Waals surface area contributed by atoms with Gasteiger partial charge in [0.2, 0.25) is 0 Å². The Morgan fingerprint density at radius 3 is 2.61 bits per heavy atom. The number of anilines is 1. The number of hydrogen-bond acceptors (Lipinski definition) is 2. The molecule has 0 fully saturated rings. The minimum absolute atomic E-state index is 0.142. The van der Waals surface area contributed by atoms with E-state index in [0.717, 1.165) is 6.42 Å². The third-order valence-corrected chi connectivity index (χ3v) is 5.00. The zero-order valence-corrected chi connectivity index (χ0v) is 14.8. The lowest BCUT2D eigenvalue weighted by Gasteiger charge is -2.43. The molecule has 2 heterocycles. The maximum Gasteiger partial charge on any atom is 0.0812 e. The van der Waals surface area contributed by atoms with Crippen LogP contribution in [0.2, 0.25) is 0 Å². The summed E-state index contributed by atoms with van der Waals surface area (Å²) >= 11 is 0. The molecule has 23 heavy (non-hydrogen) atoms. The molecule has 1 unspecified atom stereocenters. The van der Waals surface area contributed by atoms with Crippen molar-refractivity contribution in [2.45, 2.75) is 39.7 Å². The van der Waals surface area contributed by atoms with Gasteiger partial charge in [-0.05, 0) is 42.9 Å². The van der Waals surface area contributed by atoms with Crippen molar-refractivity contribution in [2.24, 2.45) is 5.92 Å². The summed E-state index contributed by atoms with van der Waals surface area (Å²) in [5, 5.41) is 0. The van der Waals surface area contributed by atoms with E-state index in [1.807, 2.05) is 12.4 Å². The van der Waals surface area contributed by atoms with Gasteiger partial charge in [0, 0.05) is 18.8 Å². The van der Waals surface area contributed by atoms with Crippen LogP contribution in [0.4, 0.5) is 5.69 Å². The number of fused-ring (bicyclic) bond motifs is 1. The van der Waals surface area contributed by atoms with Crippen LogP contribution in [0.3, 0.4) is 0 Å².